The quantitative estimate of drug-likeness (QED) is 0.451. The highest BCUT2D eigenvalue weighted by molar-refractivity contribution is 5.83. The van der Waals surface area contributed by atoms with Crippen LogP contribution in [-0.4, -0.2) is 30.3 Å². The smallest absolute Gasteiger partial charge is 0.277 e. The molecule has 0 aliphatic rings. The van der Waals surface area contributed by atoms with Gasteiger partial charge in [-0.3, -0.25) is 14.9 Å². The van der Waals surface area contributed by atoms with E-state index in [4.69, 9.17) is 9.47 Å². The van der Waals surface area contributed by atoms with E-state index in [1.807, 2.05) is 31.2 Å². The van der Waals surface area contributed by atoms with E-state index in [1.54, 1.807) is 0 Å². The molecule has 0 radical (unpaired) electrons. The number of carbonyl (C=O) groups excluding carboxylic acids is 1. The van der Waals surface area contributed by atoms with E-state index in [-0.39, 0.29) is 12.3 Å². The zero-order valence-corrected chi connectivity index (χ0v) is 13.5. The lowest BCUT2D eigenvalue weighted by molar-refractivity contribution is -0.384. The number of ether oxygens (including phenoxy) is 2. The van der Waals surface area contributed by atoms with Gasteiger partial charge in [0.1, 0.15) is 11.5 Å². The van der Waals surface area contributed by atoms with Crippen LogP contribution < -0.4 is 14.9 Å². The van der Waals surface area contributed by atoms with Crippen LogP contribution in [0.4, 0.5) is 5.69 Å². The lowest BCUT2D eigenvalue weighted by Gasteiger charge is -2.04. The number of hydrogen-bond acceptors (Lipinski definition) is 6. The molecule has 2 rings (SSSR count). The normalized spacial score (nSPS) is 10.4. The minimum absolute atomic E-state index is 0.0447. The first-order chi connectivity index (χ1) is 12.1. The monoisotopic (exact) mass is 343 g/mol. The molecule has 2 aromatic rings. The molecule has 0 aliphatic heterocycles. The Morgan fingerprint density at radius 2 is 1.72 bits per heavy atom. The Bertz CT molecular complexity index is 742. The van der Waals surface area contributed by atoms with Gasteiger partial charge in [0.05, 0.1) is 17.7 Å². The standard InChI is InChI=1S/C17H17N3O5/c1-2-24-15-7-3-13(4-8-15)11-18-19-17(21)12-25-16-9-5-14(6-10-16)20(22)23/h3-11H,2,12H2,1H3,(H,19,21)/b18-11+. The van der Waals surface area contributed by atoms with Crippen molar-refractivity contribution in [1.82, 2.24) is 5.43 Å². The Morgan fingerprint density at radius 3 is 2.32 bits per heavy atom. The topological polar surface area (TPSA) is 103 Å². The van der Waals surface area contributed by atoms with Crippen LogP contribution in [-0.2, 0) is 4.79 Å². The number of benzene rings is 2. The fourth-order valence-corrected chi connectivity index (χ4v) is 1.84. The number of carbonyl (C=O) groups is 1. The summed E-state index contributed by atoms with van der Waals surface area (Å²) >= 11 is 0. The van der Waals surface area contributed by atoms with Crippen molar-refractivity contribution in [2.24, 2.45) is 5.10 Å². The number of nitrogens with zero attached hydrogens (tertiary/aromatic N) is 2. The van der Waals surface area contributed by atoms with E-state index in [9.17, 15) is 14.9 Å². The van der Waals surface area contributed by atoms with Gasteiger partial charge in [0, 0.05) is 12.1 Å². The Morgan fingerprint density at radius 1 is 1.12 bits per heavy atom. The van der Waals surface area contributed by atoms with Crippen molar-refractivity contribution in [3.8, 4) is 11.5 Å². The van der Waals surface area contributed by atoms with Crippen molar-refractivity contribution < 1.29 is 19.2 Å². The molecule has 130 valence electrons. The summed E-state index contributed by atoms with van der Waals surface area (Å²) < 4.78 is 10.6. The van der Waals surface area contributed by atoms with Gasteiger partial charge in [-0.25, -0.2) is 5.43 Å². The van der Waals surface area contributed by atoms with Gasteiger partial charge in [-0.1, -0.05) is 0 Å². The third-order valence-corrected chi connectivity index (χ3v) is 3.01. The average molecular weight is 343 g/mol. The number of nitro groups is 1. The maximum Gasteiger partial charge on any atom is 0.277 e. The van der Waals surface area contributed by atoms with E-state index in [0.29, 0.717) is 12.4 Å². The summed E-state index contributed by atoms with van der Waals surface area (Å²) in [6.07, 6.45) is 1.50. The minimum Gasteiger partial charge on any atom is -0.494 e. The number of hydrazone groups is 1. The summed E-state index contributed by atoms with van der Waals surface area (Å²) in [4.78, 5) is 21.7. The maximum atomic E-state index is 11.6. The maximum absolute atomic E-state index is 11.6. The van der Waals surface area contributed by atoms with E-state index >= 15 is 0 Å². The van der Waals surface area contributed by atoms with Crippen molar-refractivity contribution >= 4 is 17.8 Å². The predicted molar refractivity (Wildman–Crippen MR) is 91.9 cm³/mol. The first-order valence-electron chi connectivity index (χ1n) is 7.50. The van der Waals surface area contributed by atoms with Gasteiger partial charge in [-0.2, -0.15) is 5.10 Å². The number of hydrogen-bond donors (Lipinski definition) is 1. The van der Waals surface area contributed by atoms with Gasteiger partial charge in [0.2, 0.25) is 0 Å². The average Bonchev–Trinajstić information content (AvgIpc) is 2.62. The molecule has 0 bridgehead atoms. The van der Waals surface area contributed by atoms with Gasteiger partial charge in [0.15, 0.2) is 6.61 Å². The second-order valence-corrected chi connectivity index (χ2v) is 4.83. The zero-order chi connectivity index (χ0) is 18.1. The van der Waals surface area contributed by atoms with Crippen LogP contribution in [0.1, 0.15) is 12.5 Å². The minimum atomic E-state index is -0.508. The lowest BCUT2D eigenvalue weighted by Crippen LogP contribution is -2.24. The summed E-state index contributed by atoms with van der Waals surface area (Å²) in [5.41, 5.74) is 3.10. The van der Waals surface area contributed by atoms with Crippen LogP contribution in [0.2, 0.25) is 0 Å². The number of nitro benzene ring substituents is 1. The van der Waals surface area contributed by atoms with E-state index in [0.717, 1.165) is 11.3 Å². The van der Waals surface area contributed by atoms with Crippen molar-refractivity contribution in [2.75, 3.05) is 13.2 Å². The number of rotatable bonds is 8. The SMILES string of the molecule is CCOc1ccc(/C=N/NC(=O)COc2ccc([N+](=O)[O-])cc2)cc1. The Kier molecular flexibility index (Phi) is 6.47. The van der Waals surface area contributed by atoms with Gasteiger partial charge >= 0.3 is 0 Å². The van der Waals surface area contributed by atoms with E-state index < -0.39 is 10.8 Å². The molecule has 8 nitrogen and oxygen atoms in total. The molecule has 1 amide bonds. The molecule has 0 aliphatic carbocycles. The molecule has 8 heteroatoms. The largest absolute Gasteiger partial charge is 0.494 e. The second kappa shape index (κ2) is 9.02. The van der Waals surface area contributed by atoms with Gasteiger partial charge < -0.3 is 9.47 Å². The molecule has 0 saturated carbocycles. The fourth-order valence-electron chi connectivity index (χ4n) is 1.84. The zero-order valence-electron chi connectivity index (χ0n) is 13.5. The third-order valence-electron chi connectivity index (χ3n) is 3.01. The molecule has 2 aromatic carbocycles. The lowest BCUT2D eigenvalue weighted by atomic mass is 10.2. The highest BCUT2D eigenvalue weighted by Gasteiger charge is 2.06. The first kappa shape index (κ1) is 17.9. The molecule has 0 spiro atoms. The van der Waals surface area contributed by atoms with Crippen LogP contribution in [0.5, 0.6) is 11.5 Å². The van der Waals surface area contributed by atoms with E-state index in [2.05, 4.69) is 10.5 Å². The van der Waals surface area contributed by atoms with Crippen LogP contribution in [0.15, 0.2) is 53.6 Å². The summed E-state index contributed by atoms with van der Waals surface area (Å²) in [5, 5.41) is 14.4. The molecular formula is C17H17N3O5. The number of nitrogens with one attached hydrogen (secondary N) is 1. The summed E-state index contributed by atoms with van der Waals surface area (Å²) in [6.45, 7) is 2.25. The summed E-state index contributed by atoms with van der Waals surface area (Å²) in [5.74, 6) is 0.678. The van der Waals surface area contributed by atoms with Crippen molar-refractivity contribution in [3.63, 3.8) is 0 Å². The number of non-ortho nitro benzene ring substituents is 1. The molecule has 0 aromatic heterocycles. The van der Waals surface area contributed by atoms with Crippen LogP contribution >= 0.6 is 0 Å². The fraction of sp³-hybridized carbons (Fsp3) is 0.176. The van der Waals surface area contributed by atoms with Crippen molar-refractivity contribution in [1.29, 1.82) is 0 Å². The molecular weight excluding hydrogens is 326 g/mol. The van der Waals surface area contributed by atoms with Crippen molar-refractivity contribution in [2.45, 2.75) is 6.92 Å². The molecule has 0 heterocycles. The first-order valence-corrected chi connectivity index (χ1v) is 7.50. The Hall–Kier alpha value is -3.42. The Balaban J connectivity index is 1.77. The van der Waals surface area contributed by atoms with Crippen LogP contribution in [0.25, 0.3) is 0 Å². The summed E-state index contributed by atoms with van der Waals surface area (Å²) in [7, 11) is 0. The highest BCUT2D eigenvalue weighted by Crippen LogP contribution is 2.17. The van der Waals surface area contributed by atoms with Crippen molar-refractivity contribution in [3.05, 3.63) is 64.2 Å². The third kappa shape index (κ3) is 5.94. The molecule has 25 heavy (non-hydrogen) atoms. The predicted octanol–water partition coefficient (Wildman–Crippen LogP) is 2.52. The van der Waals surface area contributed by atoms with Gasteiger partial charge in [-0.15, -0.1) is 0 Å². The molecule has 1 N–H and O–H groups in total. The highest BCUT2D eigenvalue weighted by atomic mass is 16.6. The number of amides is 1. The van der Waals surface area contributed by atoms with Crippen LogP contribution in [0.3, 0.4) is 0 Å². The molecule has 0 saturated heterocycles. The van der Waals surface area contributed by atoms with Crippen LogP contribution in [0, 0.1) is 10.1 Å². The molecule has 0 atom stereocenters. The Labute approximate surface area is 144 Å². The molecule has 0 unspecified atom stereocenters. The second-order valence-electron chi connectivity index (χ2n) is 4.83. The van der Waals surface area contributed by atoms with Gasteiger partial charge in [-0.05, 0) is 48.9 Å². The summed E-state index contributed by atoms with van der Waals surface area (Å²) in [6, 6.07) is 12.7. The van der Waals surface area contributed by atoms with Gasteiger partial charge in [0.25, 0.3) is 11.6 Å². The molecule has 0 fully saturated rings. The van der Waals surface area contributed by atoms with E-state index in [1.165, 1.54) is 30.5 Å².